The molecule has 0 amide bonds. The van der Waals surface area contributed by atoms with Crippen LogP contribution in [0.4, 0.5) is 0 Å². The first kappa shape index (κ1) is 18.5. The third kappa shape index (κ3) is 3.49. The van der Waals surface area contributed by atoms with E-state index in [-0.39, 0.29) is 0 Å². The molecule has 3 aromatic rings. The number of pyridine rings is 1. The zero-order chi connectivity index (χ0) is 19.5. The molecule has 0 saturated heterocycles. The van der Waals surface area contributed by atoms with Gasteiger partial charge in [0.05, 0.1) is 11.6 Å². The maximum absolute atomic E-state index is 6.12. The van der Waals surface area contributed by atoms with Crippen LogP contribution in [0.2, 0.25) is 0 Å². The Hall–Kier alpha value is -2.81. The predicted molar refractivity (Wildman–Crippen MR) is 118 cm³/mol. The highest BCUT2D eigenvalue weighted by atomic mass is 16.5. The Morgan fingerprint density at radius 2 is 2.04 bits per heavy atom. The number of hydrogen-bond donors (Lipinski definition) is 0. The number of hydrogen-bond acceptors (Lipinski definition) is 2. The van der Waals surface area contributed by atoms with Gasteiger partial charge in [-0.2, -0.15) is 0 Å². The van der Waals surface area contributed by atoms with Gasteiger partial charge in [-0.15, -0.1) is 0 Å². The van der Waals surface area contributed by atoms with Crippen molar-refractivity contribution in [2.45, 2.75) is 45.6 Å². The van der Waals surface area contributed by atoms with Gasteiger partial charge in [0.1, 0.15) is 5.76 Å². The highest BCUT2D eigenvalue weighted by molar-refractivity contribution is 6.08. The van der Waals surface area contributed by atoms with Crippen molar-refractivity contribution >= 4 is 27.4 Å². The zero-order valence-electron chi connectivity index (χ0n) is 17.0. The minimum absolute atomic E-state index is 0.400. The molecule has 28 heavy (non-hydrogen) atoms. The Labute approximate surface area is 167 Å². The van der Waals surface area contributed by atoms with Crippen molar-refractivity contribution < 1.29 is 4.74 Å². The van der Waals surface area contributed by atoms with Crippen molar-refractivity contribution in [3.63, 3.8) is 0 Å². The minimum Gasteiger partial charge on any atom is -0.491 e. The highest BCUT2D eigenvalue weighted by Gasteiger charge is 2.19. The lowest BCUT2D eigenvalue weighted by Gasteiger charge is -2.27. The largest absolute Gasteiger partial charge is 0.491 e. The molecule has 1 aromatic carbocycles. The van der Waals surface area contributed by atoms with Gasteiger partial charge in [0.2, 0.25) is 0 Å². The summed E-state index contributed by atoms with van der Waals surface area (Å²) in [6, 6.07) is 8.75. The number of fused-ring (bicyclic) bond motifs is 3. The smallest absolute Gasteiger partial charge is 0.115 e. The van der Waals surface area contributed by atoms with Crippen molar-refractivity contribution in [1.82, 2.24) is 9.55 Å². The summed E-state index contributed by atoms with van der Waals surface area (Å²) in [5.41, 5.74) is 4.85. The van der Waals surface area contributed by atoms with Crippen molar-refractivity contribution in [2.24, 2.45) is 7.05 Å². The molecule has 0 unspecified atom stereocenters. The molecule has 1 fully saturated rings. The standard InChI is InChI=1S/C25H28N2O/c1-4-7-20(28-21-8-6-9-21)12-10-18(5-2)19-11-13-22-23-17-26-15-14-24(23)27(3)25(22)16-19/h5,7,10-17,21H,4,6,8-9H2,1-3H3/b12-10-,18-5+,20-7-. The maximum atomic E-state index is 6.12. The predicted octanol–water partition coefficient (Wildman–Crippen LogP) is 6.55. The molecule has 0 atom stereocenters. The summed E-state index contributed by atoms with van der Waals surface area (Å²) < 4.78 is 8.37. The van der Waals surface area contributed by atoms with E-state index in [0.717, 1.165) is 12.2 Å². The second kappa shape index (κ2) is 8.05. The number of allylic oxidation sites excluding steroid dienone is 5. The van der Waals surface area contributed by atoms with E-state index >= 15 is 0 Å². The Kier molecular flexibility index (Phi) is 5.34. The first-order valence-electron chi connectivity index (χ1n) is 10.2. The highest BCUT2D eigenvalue weighted by Crippen LogP contribution is 2.30. The normalized spacial score (nSPS) is 16.2. The van der Waals surface area contributed by atoms with Crippen molar-refractivity contribution in [1.29, 1.82) is 0 Å². The van der Waals surface area contributed by atoms with Crippen molar-refractivity contribution in [2.75, 3.05) is 0 Å². The van der Waals surface area contributed by atoms with E-state index in [9.17, 15) is 0 Å². The molecule has 4 rings (SSSR count). The Morgan fingerprint density at radius 1 is 1.18 bits per heavy atom. The van der Waals surface area contributed by atoms with Gasteiger partial charge >= 0.3 is 0 Å². The van der Waals surface area contributed by atoms with Gasteiger partial charge in [-0.25, -0.2) is 0 Å². The zero-order valence-corrected chi connectivity index (χ0v) is 17.0. The summed E-state index contributed by atoms with van der Waals surface area (Å²) >= 11 is 0. The fraction of sp³-hybridized carbons (Fsp3) is 0.320. The number of aromatic nitrogens is 2. The monoisotopic (exact) mass is 372 g/mol. The molecule has 1 aliphatic carbocycles. The van der Waals surface area contributed by atoms with Gasteiger partial charge in [0.15, 0.2) is 0 Å². The van der Waals surface area contributed by atoms with E-state index in [2.05, 4.69) is 79.0 Å². The topological polar surface area (TPSA) is 27.1 Å². The number of aryl methyl sites for hydroxylation is 1. The molecule has 2 heterocycles. The second-order valence-corrected chi connectivity index (χ2v) is 7.45. The summed E-state index contributed by atoms with van der Waals surface area (Å²) in [5, 5.41) is 2.44. The fourth-order valence-corrected chi connectivity index (χ4v) is 3.80. The number of benzene rings is 1. The van der Waals surface area contributed by atoms with Crippen LogP contribution in [0.5, 0.6) is 0 Å². The van der Waals surface area contributed by atoms with Crippen molar-refractivity contribution in [3.8, 4) is 0 Å². The molecule has 144 valence electrons. The van der Waals surface area contributed by atoms with Gasteiger partial charge in [-0.3, -0.25) is 4.98 Å². The van der Waals surface area contributed by atoms with E-state index in [1.807, 2.05) is 12.4 Å². The molecule has 3 nitrogen and oxygen atoms in total. The van der Waals surface area contributed by atoms with Gasteiger partial charge in [-0.1, -0.05) is 31.2 Å². The average Bonchev–Trinajstić information content (AvgIpc) is 2.97. The molecular formula is C25H28N2O. The van der Waals surface area contributed by atoms with Crippen LogP contribution in [0.15, 0.2) is 66.7 Å². The maximum Gasteiger partial charge on any atom is 0.115 e. The third-order valence-electron chi connectivity index (χ3n) is 5.64. The molecular weight excluding hydrogens is 344 g/mol. The van der Waals surface area contributed by atoms with Crippen LogP contribution in [0.25, 0.3) is 27.4 Å². The van der Waals surface area contributed by atoms with Gasteiger partial charge in [0, 0.05) is 35.7 Å². The summed E-state index contributed by atoms with van der Waals surface area (Å²) in [5.74, 6) is 0.989. The van der Waals surface area contributed by atoms with Crippen LogP contribution in [0, 0.1) is 0 Å². The molecule has 0 bridgehead atoms. The van der Waals surface area contributed by atoms with Gasteiger partial charge < -0.3 is 9.30 Å². The van der Waals surface area contributed by atoms with Crippen LogP contribution in [-0.4, -0.2) is 15.7 Å². The summed E-state index contributed by atoms with van der Waals surface area (Å²) in [7, 11) is 2.12. The lowest BCUT2D eigenvalue weighted by Crippen LogP contribution is -2.20. The Bertz CT molecular complexity index is 1080. The van der Waals surface area contributed by atoms with Crippen molar-refractivity contribution in [3.05, 3.63) is 72.3 Å². The SMILES string of the molecule is C\C=C(/C=C\C(=C\CC)OC1CCC1)c1ccc2c3cnccc3n(C)c2c1. The fourth-order valence-electron chi connectivity index (χ4n) is 3.80. The lowest BCUT2D eigenvalue weighted by atomic mass is 9.96. The van der Waals surface area contributed by atoms with Crippen LogP contribution in [0.3, 0.4) is 0 Å². The molecule has 1 aliphatic rings. The first-order chi connectivity index (χ1) is 13.7. The van der Waals surface area contributed by atoms with E-state index in [0.29, 0.717) is 6.10 Å². The number of ether oxygens (including phenoxy) is 1. The molecule has 3 heteroatoms. The lowest BCUT2D eigenvalue weighted by molar-refractivity contribution is 0.0587. The molecule has 0 N–H and O–H groups in total. The average molecular weight is 373 g/mol. The Balaban J connectivity index is 1.65. The summed E-state index contributed by atoms with van der Waals surface area (Å²) in [6.45, 7) is 4.24. The number of nitrogens with zero attached hydrogens (tertiary/aromatic N) is 2. The summed E-state index contributed by atoms with van der Waals surface area (Å²) in [6.07, 6.45) is 17.4. The molecule has 0 radical (unpaired) electrons. The van der Waals surface area contributed by atoms with Crippen LogP contribution in [0.1, 0.15) is 45.1 Å². The second-order valence-electron chi connectivity index (χ2n) is 7.45. The molecule has 2 aromatic heterocycles. The van der Waals surface area contributed by atoms with E-state index in [4.69, 9.17) is 4.74 Å². The minimum atomic E-state index is 0.400. The first-order valence-corrected chi connectivity index (χ1v) is 10.2. The molecule has 0 spiro atoms. The van der Waals surface area contributed by atoms with Crippen LogP contribution < -0.4 is 0 Å². The molecule has 1 saturated carbocycles. The van der Waals surface area contributed by atoms with E-state index in [1.165, 1.54) is 52.2 Å². The van der Waals surface area contributed by atoms with Crippen LogP contribution in [-0.2, 0) is 11.8 Å². The van der Waals surface area contributed by atoms with Gasteiger partial charge in [-0.05, 0) is 68.0 Å². The van der Waals surface area contributed by atoms with E-state index in [1.54, 1.807) is 0 Å². The Morgan fingerprint density at radius 3 is 2.75 bits per heavy atom. The third-order valence-corrected chi connectivity index (χ3v) is 5.64. The summed E-state index contributed by atoms with van der Waals surface area (Å²) in [4.78, 5) is 4.30. The van der Waals surface area contributed by atoms with Crippen LogP contribution >= 0.6 is 0 Å². The quantitative estimate of drug-likeness (QED) is 0.362. The van der Waals surface area contributed by atoms with E-state index < -0.39 is 0 Å². The number of rotatable bonds is 6. The van der Waals surface area contributed by atoms with Gasteiger partial charge in [0.25, 0.3) is 0 Å². The molecule has 0 aliphatic heterocycles.